The second-order valence-electron chi connectivity index (χ2n) is 4.46. The first-order valence-electron chi connectivity index (χ1n) is 5.87. The zero-order valence-corrected chi connectivity index (χ0v) is 11.0. The third kappa shape index (κ3) is 2.57. The van der Waals surface area contributed by atoms with E-state index in [0.717, 1.165) is 11.3 Å². The van der Waals surface area contributed by atoms with Gasteiger partial charge < -0.3 is 11.1 Å². The van der Waals surface area contributed by atoms with Crippen LogP contribution in [0.3, 0.4) is 0 Å². The molecule has 0 radical (unpaired) electrons. The minimum Gasteiger partial charge on any atom is -0.381 e. The van der Waals surface area contributed by atoms with Crippen molar-refractivity contribution in [3.63, 3.8) is 0 Å². The number of carbonyl (C=O) groups excluding carboxylic acids is 1. The molecule has 1 amide bonds. The van der Waals surface area contributed by atoms with Crippen molar-refractivity contribution in [1.82, 2.24) is 0 Å². The first kappa shape index (κ1) is 12.3. The Morgan fingerprint density at radius 1 is 1.53 bits per heavy atom. The first-order valence-corrected chi connectivity index (χ1v) is 6.92. The minimum atomic E-state index is -0.361. The summed E-state index contributed by atoms with van der Waals surface area (Å²) in [6.45, 7) is 4.18. The molecule has 0 aliphatic carbocycles. The van der Waals surface area contributed by atoms with E-state index in [9.17, 15) is 4.79 Å². The number of rotatable bonds is 3. The SMILES string of the molecule is Cc1c(NC2CCSC2C)cccc1C(N)=O. The molecule has 2 rings (SSSR count). The molecule has 2 unspecified atom stereocenters. The van der Waals surface area contributed by atoms with Crippen molar-refractivity contribution >= 4 is 23.4 Å². The van der Waals surface area contributed by atoms with E-state index >= 15 is 0 Å². The molecule has 1 aromatic carbocycles. The fraction of sp³-hybridized carbons (Fsp3) is 0.462. The highest BCUT2D eigenvalue weighted by atomic mass is 32.2. The van der Waals surface area contributed by atoms with Crippen molar-refractivity contribution in [2.24, 2.45) is 5.73 Å². The van der Waals surface area contributed by atoms with Crippen molar-refractivity contribution in [3.05, 3.63) is 29.3 Å². The smallest absolute Gasteiger partial charge is 0.249 e. The van der Waals surface area contributed by atoms with E-state index in [1.54, 1.807) is 6.07 Å². The van der Waals surface area contributed by atoms with Gasteiger partial charge in [0.05, 0.1) is 0 Å². The number of hydrogen-bond acceptors (Lipinski definition) is 3. The molecular weight excluding hydrogens is 232 g/mol. The summed E-state index contributed by atoms with van der Waals surface area (Å²) in [7, 11) is 0. The standard InChI is InChI=1S/C13H18N2OS/c1-8-10(13(14)16)4-3-5-11(8)15-12-6-7-17-9(12)2/h3-5,9,12,15H,6-7H2,1-2H3,(H2,14,16). The lowest BCUT2D eigenvalue weighted by Crippen LogP contribution is -2.25. The van der Waals surface area contributed by atoms with Gasteiger partial charge in [-0.15, -0.1) is 0 Å². The molecule has 17 heavy (non-hydrogen) atoms. The fourth-order valence-corrected chi connectivity index (χ4v) is 3.38. The quantitative estimate of drug-likeness (QED) is 0.866. The summed E-state index contributed by atoms with van der Waals surface area (Å²) in [5.41, 5.74) is 7.93. The summed E-state index contributed by atoms with van der Waals surface area (Å²) < 4.78 is 0. The number of nitrogens with one attached hydrogen (secondary N) is 1. The van der Waals surface area contributed by atoms with Gasteiger partial charge in [0, 0.05) is 22.5 Å². The Balaban J connectivity index is 2.21. The Morgan fingerprint density at radius 2 is 2.29 bits per heavy atom. The van der Waals surface area contributed by atoms with E-state index in [2.05, 4.69) is 12.2 Å². The topological polar surface area (TPSA) is 55.1 Å². The van der Waals surface area contributed by atoms with E-state index in [-0.39, 0.29) is 5.91 Å². The molecule has 0 bridgehead atoms. The maximum absolute atomic E-state index is 11.3. The lowest BCUT2D eigenvalue weighted by atomic mass is 10.0. The normalized spacial score (nSPS) is 23.6. The van der Waals surface area contributed by atoms with Crippen LogP contribution < -0.4 is 11.1 Å². The van der Waals surface area contributed by atoms with Gasteiger partial charge in [-0.25, -0.2) is 0 Å². The molecule has 1 heterocycles. The van der Waals surface area contributed by atoms with Crippen LogP contribution in [0.25, 0.3) is 0 Å². The summed E-state index contributed by atoms with van der Waals surface area (Å²) in [5, 5.41) is 4.14. The summed E-state index contributed by atoms with van der Waals surface area (Å²) in [6.07, 6.45) is 1.17. The van der Waals surface area contributed by atoms with E-state index in [0.29, 0.717) is 16.9 Å². The monoisotopic (exact) mass is 250 g/mol. The van der Waals surface area contributed by atoms with Gasteiger partial charge in [-0.2, -0.15) is 11.8 Å². The average molecular weight is 250 g/mol. The lowest BCUT2D eigenvalue weighted by molar-refractivity contribution is 0.1000. The number of nitrogens with two attached hydrogens (primary N) is 1. The second-order valence-corrected chi connectivity index (χ2v) is 5.94. The number of amides is 1. The summed E-state index contributed by atoms with van der Waals surface area (Å²) in [6, 6.07) is 6.15. The largest absolute Gasteiger partial charge is 0.381 e. The minimum absolute atomic E-state index is 0.361. The van der Waals surface area contributed by atoms with Gasteiger partial charge in [-0.05, 0) is 36.8 Å². The predicted molar refractivity (Wildman–Crippen MR) is 73.6 cm³/mol. The van der Waals surface area contributed by atoms with Gasteiger partial charge in [-0.1, -0.05) is 13.0 Å². The highest BCUT2D eigenvalue weighted by Crippen LogP contribution is 2.30. The maximum atomic E-state index is 11.3. The Labute approximate surface area is 106 Å². The van der Waals surface area contributed by atoms with Crippen LogP contribution in [0, 0.1) is 6.92 Å². The van der Waals surface area contributed by atoms with Crippen LogP contribution in [0.1, 0.15) is 29.3 Å². The van der Waals surface area contributed by atoms with Gasteiger partial charge in [0.1, 0.15) is 0 Å². The molecule has 1 aliphatic heterocycles. The van der Waals surface area contributed by atoms with E-state index in [1.165, 1.54) is 12.2 Å². The van der Waals surface area contributed by atoms with Crippen LogP contribution in [-0.2, 0) is 0 Å². The Bertz CT molecular complexity index is 433. The van der Waals surface area contributed by atoms with E-state index < -0.39 is 0 Å². The molecule has 0 saturated carbocycles. The molecule has 0 aromatic heterocycles. The van der Waals surface area contributed by atoms with Gasteiger partial charge in [0.25, 0.3) is 0 Å². The zero-order valence-electron chi connectivity index (χ0n) is 10.2. The van der Waals surface area contributed by atoms with Crippen molar-refractivity contribution in [3.8, 4) is 0 Å². The fourth-order valence-electron chi connectivity index (χ4n) is 2.18. The molecule has 1 saturated heterocycles. The third-order valence-corrected chi connectivity index (χ3v) is 4.64. The van der Waals surface area contributed by atoms with Crippen LogP contribution in [0.15, 0.2) is 18.2 Å². The summed E-state index contributed by atoms with van der Waals surface area (Å²) in [5.74, 6) is 0.841. The number of thioether (sulfide) groups is 1. The third-order valence-electron chi connectivity index (χ3n) is 3.32. The van der Waals surface area contributed by atoms with Gasteiger partial charge in [0.15, 0.2) is 0 Å². The zero-order chi connectivity index (χ0) is 12.4. The second kappa shape index (κ2) is 5.00. The number of carbonyl (C=O) groups is 1. The predicted octanol–water partition coefficient (Wildman–Crippen LogP) is 2.40. The highest BCUT2D eigenvalue weighted by molar-refractivity contribution is 8.00. The van der Waals surface area contributed by atoms with Gasteiger partial charge in [-0.3, -0.25) is 4.79 Å². The molecule has 1 aliphatic rings. The Morgan fingerprint density at radius 3 is 2.88 bits per heavy atom. The maximum Gasteiger partial charge on any atom is 0.249 e. The van der Waals surface area contributed by atoms with Crippen LogP contribution in [0.5, 0.6) is 0 Å². The summed E-state index contributed by atoms with van der Waals surface area (Å²) >= 11 is 1.99. The number of anilines is 1. The molecular formula is C13H18N2OS. The molecule has 92 valence electrons. The van der Waals surface area contributed by atoms with Crippen LogP contribution in [-0.4, -0.2) is 23.0 Å². The van der Waals surface area contributed by atoms with Crippen LogP contribution in [0.4, 0.5) is 5.69 Å². The molecule has 1 aromatic rings. The number of hydrogen-bond donors (Lipinski definition) is 2. The molecule has 3 nitrogen and oxygen atoms in total. The average Bonchev–Trinajstić information content (AvgIpc) is 2.67. The Kier molecular flexibility index (Phi) is 3.62. The van der Waals surface area contributed by atoms with E-state index in [4.69, 9.17) is 5.73 Å². The van der Waals surface area contributed by atoms with Crippen molar-refractivity contribution in [1.29, 1.82) is 0 Å². The van der Waals surface area contributed by atoms with Crippen LogP contribution in [0.2, 0.25) is 0 Å². The Hall–Kier alpha value is -1.16. The molecule has 4 heteroatoms. The summed E-state index contributed by atoms with van der Waals surface area (Å²) in [4.78, 5) is 11.3. The lowest BCUT2D eigenvalue weighted by Gasteiger charge is -2.20. The van der Waals surface area contributed by atoms with Crippen molar-refractivity contribution in [2.75, 3.05) is 11.1 Å². The number of benzene rings is 1. The molecule has 0 spiro atoms. The molecule has 1 fully saturated rings. The number of primary amides is 1. The van der Waals surface area contributed by atoms with Gasteiger partial charge >= 0.3 is 0 Å². The molecule has 3 N–H and O–H groups in total. The van der Waals surface area contributed by atoms with E-state index in [1.807, 2.05) is 30.8 Å². The first-order chi connectivity index (χ1) is 8.09. The van der Waals surface area contributed by atoms with Gasteiger partial charge in [0.2, 0.25) is 5.91 Å². The van der Waals surface area contributed by atoms with Crippen molar-refractivity contribution < 1.29 is 4.79 Å². The highest BCUT2D eigenvalue weighted by Gasteiger charge is 2.24. The van der Waals surface area contributed by atoms with Crippen LogP contribution >= 0.6 is 11.8 Å². The van der Waals surface area contributed by atoms with Crippen molar-refractivity contribution in [2.45, 2.75) is 31.6 Å². The molecule has 2 atom stereocenters.